The zero-order chi connectivity index (χ0) is 12.1. The van der Waals surface area contributed by atoms with Crippen molar-refractivity contribution in [3.8, 4) is 0 Å². The van der Waals surface area contributed by atoms with Crippen molar-refractivity contribution in [1.29, 1.82) is 0 Å². The molecule has 0 aliphatic heterocycles. The highest BCUT2D eigenvalue weighted by Crippen LogP contribution is 2.14. The van der Waals surface area contributed by atoms with E-state index in [1.165, 1.54) is 12.1 Å². The molecule has 1 aromatic carbocycles. The van der Waals surface area contributed by atoms with Crippen LogP contribution in [0.15, 0.2) is 22.7 Å². The predicted molar refractivity (Wildman–Crippen MR) is 59.5 cm³/mol. The van der Waals surface area contributed by atoms with E-state index in [4.69, 9.17) is 10.2 Å². The molecule has 0 aromatic heterocycles. The summed E-state index contributed by atoms with van der Waals surface area (Å²) in [4.78, 5) is 11.5. The van der Waals surface area contributed by atoms with Crippen LogP contribution in [0, 0.1) is 5.82 Å². The standard InChI is InChI=1S/C10H11BrFNO3/c11-7-1-6(2-8(12)3-7)10(16)13-4-9(15)5-14/h1-3,9,14-15H,4-5H2,(H,13,16). The van der Waals surface area contributed by atoms with Crippen LogP contribution in [0.5, 0.6) is 0 Å². The van der Waals surface area contributed by atoms with Crippen LogP contribution in [0.2, 0.25) is 0 Å². The van der Waals surface area contributed by atoms with Crippen molar-refractivity contribution in [2.24, 2.45) is 0 Å². The highest BCUT2D eigenvalue weighted by Gasteiger charge is 2.09. The van der Waals surface area contributed by atoms with Crippen molar-refractivity contribution in [2.75, 3.05) is 13.2 Å². The van der Waals surface area contributed by atoms with Crippen molar-refractivity contribution in [3.05, 3.63) is 34.1 Å². The first-order valence-corrected chi connectivity index (χ1v) is 5.35. The Morgan fingerprint density at radius 1 is 1.50 bits per heavy atom. The maximum absolute atomic E-state index is 13.0. The molecule has 88 valence electrons. The number of aliphatic hydroxyl groups excluding tert-OH is 2. The van der Waals surface area contributed by atoms with Gasteiger partial charge in [-0.1, -0.05) is 15.9 Å². The highest BCUT2D eigenvalue weighted by atomic mass is 79.9. The van der Waals surface area contributed by atoms with Crippen molar-refractivity contribution in [1.82, 2.24) is 5.32 Å². The lowest BCUT2D eigenvalue weighted by Crippen LogP contribution is -2.33. The third-order valence-corrected chi connectivity index (χ3v) is 2.29. The average Bonchev–Trinajstić information content (AvgIpc) is 2.23. The van der Waals surface area contributed by atoms with Crippen LogP contribution < -0.4 is 5.32 Å². The zero-order valence-corrected chi connectivity index (χ0v) is 9.87. The SMILES string of the molecule is O=C(NCC(O)CO)c1cc(F)cc(Br)c1. The molecule has 3 N–H and O–H groups in total. The van der Waals surface area contributed by atoms with Crippen LogP contribution in [0.4, 0.5) is 4.39 Å². The molecule has 0 spiro atoms. The van der Waals surface area contributed by atoms with Gasteiger partial charge in [-0.3, -0.25) is 4.79 Å². The summed E-state index contributed by atoms with van der Waals surface area (Å²) in [5.41, 5.74) is 0.150. The largest absolute Gasteiger partial charge is 0.394 e. The molecule has 0 heterocycles. The molecular weight excluding hydrogens is 281 g/mol. The third kappa shape index (κ3) is 3.88. The summed E-state index contributed by atoms with van der Waals surface area (Å²) in [7, 11) is 0. The first-order valence-electron chi connectivity index (χ1n) is 4.56. The highest BCUT2D eigenvalue weighted by molar-refractivity contribution is 9.10. The summed E-state index contributed by atoms with van der Waals surface area (Å²) >= 11 is 3.07. The lowest BCUT2D eigenvalue weighted by atomic mass is 10.2. The Bertz CT molecular complexity index is 366. The molecule has 1 amide bonds. The molecule has 1 atom stereocenters. The molecule has 16 heavy (non-hydrogen) atoms. The van der Waals surface area contributed by atoms with E-state index in [9.17, 15) is 9.18 Å². The van der Waals surface area contributed by atoms with Crippen molar-refractivity contribution in [2.45, 2.75) is 6.10 Å². The van der Waals surface area contributed by atoms with E-state index in [-0.39, 0.29) is 12.1 Å². The Morgan fingerprint density at radius 2 is 2.19 bits per heavy atom. The fourth-order valence-corrected chi connectivity index (χ4v) is 1.53. The predicted octanol–water partition coefficient (Wildman–Crippen LogP) is 0.671. The average molecular weight is 292 g/mol. The van der Waals surface area contributed by atoms with E-state index in [0.717, 1.165) is 6.07 Å². The third-order valence-electron chi connectivity index (χ3n) is 1.83. The molecule has 0 aliphatic rings. The molecular formula is C10H11BrFNO3. The molecule has 1 aromatic rings. The lowest BCUT2D eigenvalue weighted by Gasteiger charge is -2.09. The van der Waals surface area contributed by atoms with E-state index in [1.54, 1.807) is 0 Å². The van der Waals surface area contributed by atoms with Gasteiger partial charge in [0.15, 0.2) is 0 Å². The number of halogens is 2. The first kappa shape index (κ1) is 13.1. The lowest BCUT2D eigenvalue weighted by molar-refractivity contribution is 0.0801. The van der Waals surface area contributed by atoms with Gasteiger partial charge in [-0.25, -0.2) is 4.39 Å². The maximum atomic E-state index is 13.0. The Balaban J connectivity index is 2.66. The number of rotatable bonds is 4. The number of aliphatic hydroxyl groups is 2. The van der Waals surface area contributed by atoms with Gasteiger partial charge in [0.2, 0.25) is 0 Å². The number of benzene rings is 1. The molecule has 0 bridgehead atoms. The second kappa shape index (κ2) is 5.93. The molecule has 4 nitrogen and oxygen atoms in total. The van der Waals surface area contributed by atoms with E-state index in [1.807, 2.05) is 0 Å². The summed E-state index contributed by atoms with van der Waals surface area (Å²) in [5.74, 6) is -1.03. The van der Waals surface area contributed by atoms with E-state index in [2.05, 4.69) is 21.2 Å². The summed E-state index contributed by atoms with van der Waals surface area (Å²) in [6, 6.07) is 3.79. The van der Waals surface area contributed by atoms with Crippen molar-refractivity contribution >= 4 is 21.8 Å². The number of hydrogen-bond acceptors (Lipinski definition) is 3. The van der Waals surface area contributed by atoms with Gasteiger partial charge < -0.3 is 15.5 Å². The van der Waals surface area contributed by atoms with Gasteiger partial charge in [0.05, 0.1) is 12.7 Å². The smallest absolute Gasteiger partial charge is 0.251 e. The summed E-state index contributed by atoms with van der Waals surface area (Å²) < 4.78 is 13.4. The number of carbonyl (C=O) groups excluding carboxylic acids is 1. The van der Waals surface area contributed by atoms with Crippen LogP contribution in [0.25, 0.3) is 0 Å². The minimum atomic E-state index is -1.01. The Kier molecular flexibility index (Phi) is 4.85. The second-order valence-corrected chi connectivity index (χ2v) is 4.12. The molecule has 0 saturated heterocycles. The number of nitrogens with one attached hydrogen (secondary N) is 1. The normalized spacial score (nSPS) is 12.2. The van der Waals surface area contributed by atoms with Crippen LogP contribution in [0.1, 0.15) is 10.4 Å². The van der Waals surface area contributed by atoms with Crippen LogP contribution in [-0.2, 0) is 0 Å². The van der Waals surface area contributed by atoms with Crippen LogP contribution >= 0.6 is 15.9 Å². The fourth-order valence-electron chi connectivity index (χ4n) is 1.06. The van der Waals surface area contributed by atoms with Gasteiger partial charge >= 0.3 is 0 Å². The van der Waals surface area contributed by atoms with E-state index >= 15 is 0 Å². The summed E-state index contributed by atoms with van der Waals surface area (Å²) in [6.07, 6.45) is -1.01. The van der Waals surface area contributed by atoms with Gasteiger partial charge in [0, 0.05) is 16.6 Å². The zero-order valence-electron chi connectivity index (χ0n) is 8.28. The van der Waals surface area contributed by atoms with Gasteiger partial charge in [0.1, 0.15) is 5.82 Å². The second-order valence-electron chi connectivity index (χ2n) is 3.20. The minimum absolute atomic E-state index is 0.0799. The van der Waals surface area contributed by atoms with Crippen molar-refractivity contribution < 1.29 is 19.4 Å². The molecule has 0 radical (unpaired) electrons. The van der Waals surface area contributed by atoms with Gasteiger partial charge in [-0.15, -0.1) is 0 Å². The van der Waals surface area contributed by atoms with E-state index < -0.39 is 24.4 Å². The molecule has 1 rings (SSSR count). The van der Waals surface area contributed by atoms with Gasteiger partial charge in [-0.05, 0) is 18.2 Å². The Hall–Kier alpha value is -0.980. The number of hydrogen-bond donors (Lipinski definition) is 3. The number of amides is 1. The quantitative estimate of drug-likeness (QED) is 0.764. The van der Waals surface area contributed by atoms with Gasteiger partial charge in [-0.2, -0.15) is 0 Å². The topological polar surface area (TPSA) is 69.6 Å². The van der Waals surface area contributed by atoms with Crippen LogP contribution in [-0.4, -0.2) is 35.4 Å². The molecule has 6 heteroatoms. The van der Waals surface area contributed by atoms with E-state index in [0.29, 0.717) is 4.47 Å². The Labute approximate surface area is 100 Å². The maximum Gasteiger partial charge on any atom is 0.251 e. The summed E-state index contributed by atoms with van der Waals surface area (Å²) in [6.45, 7) is -0.517. The van der Waals surface area contributed by atoms with Crippen LogP contribution in [0.3, 0.4) is 0 Å². The molecule has 0 aliphatic carbocycles. The fraction of sp³-hybridized carbons (Fsp3) is 0.300. The monoisotopic (exact) mass is 291 g/mol. The molecule has 0 saturated carbocycles. The van der Waals surface area contributed by atoms with Gasteiger partial charge in [0.25, 0.3) is 5.91 Å². The number of carbonyl (C=O) groups is 1. The molecule has 0 fully saturated rings. The van der Waals surface area contributed by atoms with Crippen molar-refractivity contribution in [3.63, 3.8) is 0 Å². The molecule has 1 unspecified atom stereocenters. The minimum Gasteiger partial charge on any atom is -0.394 e. The Morgan fingerprint density at radius 3 is 2.75 bits per heavy atom. The summed E-state index contributed by atoms with van der Waals surface area (Å²) in [5, 5.41) is 19.9. The first-order chi connectivity index (χ1) is 7.52.